The van der Waals surface area contributed by atoms with E-state index in [0.717, 1.165) is 25.1 Å². The molecule has 0 bridgehead atoms. The van der Waals surface area contributed by atoms with E-state index in [2.05, 4.69) is 6.58 Å². The van der Waals surface area contributed by atoms with Crippen molar-refractivity contribution in [2.24, 2.45) is 0 Å². The Labute approximate surface area is 96.8 Å². The summed E-state index contributed by atoms with van der Waals surface area (Å²) in [4.78, 5) is 13.8. The molecule has 1 amide bonds. The van der Waals surface area contributed by atoms with Crippen LogP contribution in [0.2, 0.25) is 0 Å². The lowest BCUT2D eigenvalue weighted by atomic mass is 9.98. The molecule has 1 N–H and O–H groups in total. The second kappa shape index (κ2) is 5.66. The minimum Gasteiger partial charge on any atom is -0.389 e. The van der Waals surface area contributed by atoms with Crippen LogP contribution >= 0.6 is 0 Å². The molecule has 0 aliphatic carbocycles. The summed E-state index contributed by atoms with van der Waals surface area (Å²) in [5.74, 6) is 0.0283. The van der Waals surface area contributed by atoms with E-state index >= 15 is 0 Å². The van der Waals surface area contributed by atoms with Gasteiger partial charge in [-0.1, -0.05) is 24.8 Å². The average Bonchev–Trinajstić information content (AvgIpc) is 2.26. The first-order valence-corrected chi connectivity index (χ1v) is 5.61. The van der Waals surface area contributed by atoms with Crippen LogP contribution in [0.1, 0.15) is 20.3 Å². The van der Waals surface area contributed by atoms with E-state index in [9.17, 15) is 9.90 Å². The number of amides is 1. The van der Waals surface area contributed by atoms with Crippen LogP contribution in [-0.4, -0.2) is 35.1 Å². The number of aliphatic hydroxyl groups is 1. The van der Waals surface area contributed by atoms with Crippen molar-refractivity contribution in [1.29, 1.82) is 0 Å². The minimum absolute atomic E-state index is 0.0283. The fraction of sp³-hybridized carbons (Fsp3) is 0.462. The number of carbonyl (C=O) groups excluding carboxylic acids is 1. The summed E-state index contributed by atoms with van der Waals surface area (Å²) in [5, 5.41) is 9.19. The van der Waals surface area contributed by atoms with Crippen LogP contribution in [-0.2, 0) is 4.79 Å². The lowest BCUT2D eigenvalue weighted by molar-refractivity contribution is -0.127. The number of allylic oxidation sites excluding steroid dienone is 1. The Hall–Kier alpha value is -1.35. The Kier molecular flexibility index (Phi) is 4.50. The van der Waals surface area contributed by atoms with E-state index < -0.39 is 6.10 Å². The molecule has 0 spiro atoms. The third-order valence-corrected chi connectivity index (χ3v) is 2.68. The molecule has 3 nitrogen and oxygen atoms in total. The van der Waals surface area contributed by atoms with Crippen molar-refractivity contribution in [2.75, 3.05) is 13.1 Å². The average molecular weight is 221 g/mol. The third kappa shape index (κ3) is 2.83. The smallest absolute Gasteiger partial charge is 0.254 e. The normalized spacial score (nSPS) is 19.4. The van der Waals surface area contributed by atoms with Gasteiger partial charge in [0.15, 0.2) is 0 Å². The first-order chi connectivity index (χ1) is 7.60. The molecule has 0 saturated heterocycles. The largest absolute Gasteiger partial charge is 0.389 e. The molecular weight excluding hydrogens is 202 g/mol. The van der Waals surface area contributed by atoms with Gasteiger partial charge in [-0.2, -0.15) is 0 Å². The van der Waals surface area contributed by atoms with Gasteiger partial charge in [0.05, 0.1) is 6.10 Å². The second-order valence-electron chi connectivity index (χ2n) is 3.88. The van der Waals surface area contributed by atoms with Gasteiger partial charge in [-0.05, 0) is 25.8 Å². The predicted octanol–water partition coefficient (Wildman–Crippen LogP) is 1.66. The van der Waals surface area contributed by atoms with Gasteiger partial charge in [0, 0.05) is 18.7 Å². The van der Waals surface area contributed by atoms with Gasteiger partial charge in [-0.15, -0.1) is 0 Å². The Morgan fingerprint density at radius 1 is 1.62 bits per heavy atom. The predicted molar refractivity (Wildman–Crippen MR) is 64.9 cm³/mol. The number of rotatable bonds is 4. The summed E-state index contributed by atoms with van der Waals surface area (Å²) in [6.45, 7) is 8.82. The number of aliphatic hydroxyl groups excluding tert-OH is 1. The number of carbonyl (C=O) groups is 1. The molecule has 0 fully saturated rings. The molecule has 0 aromatic rings. The van der Waals surface area contributed by atoms with E-state index in [1.54, 1.807) is 30.1 Å². The molecule has 0 saturated carbocycles. The summed E-state index contributed by atoms with van der Waals surface area (Å²) in [6, 6.07) is 0. The van der Waals surface area contributed by atoms with E-state index in [4.69, 9.17) is 0 Å². The molecule has 0 aromatic heterocycles. The van der Waals surface area contributed by atoms with Crippen molar-refractivity contribution < 1.29 is 9.90 Å². The molecule has 88 valence electrons. The zero-order chi connectivity index (χ0) is 12.1. The molecule has 1 rings (SSSR count). The van der Waals surface area contributed by atoms with Crippen molar-refractivity contribution >= 4 is 5.91 Å². The van der Waals surface area contributed by atoms with Crippen LogP contribution in [0, 0.1) is 0 Å². The van der Waals surface area contributed by atoms with Crippen molar-refractivity contribution in [3.63, 3.8) is 0 Å². The monoisotopic (exact) mass is 221 g/mol. The van der Waals surface area contributed by atoms with Crippen molar-refractivity contribution in [3.05, 3.63) is 36.0 Å². The highest BCUT2D eigenvalue weighted by Gasteiger charge is 2.22. The first kappa shape index (κ1) is 12.7. The summed E-state index contributed by atoms with van der Waals surface area (Å²) >= 11 is 0. The van der Waals surface area contributed by atoms with Crippen molar-refractivity contribution in [1.82, 2.24) is 4.90 Å². The van der Waals surface area contributed by atoms with Crippen LogP contribution in [0.15, 0.2) is 36.0 Å². The Morgan fingerprint density at radius 2 is 2.31 bits per heavy atom. The quantitative estimate of drug-likeness (QED) is 0.784. The Morgan fingerprint density at radius 3 is 2.81 bits per heavy atom. The molecule has 1 unspecified atom stereocenters. The highest BCUT2D eigenvalue weighted by atomic mass is 16.3. The van der Waals surface area contributed by atoms with Gasteiger partial charge in [0.25, 0.3) is 5.91 Å². The van der Waals surface area contributed by atoms with E-state index in [1.807, 2.05) is 6.92 Å². The van der Waals surface area contributed by atoms with Crippen molar-refractivity contribution in [2.45, 2.75) is 26.4 Å². The number of hydrogen-bond donors (Lipinski definition) is 1. The maximum atomic E-state index is 12.0. The van der Waals surface area contributed by atoms with E-state index in [-0.39, 0.29) is 5.91 Å². The molecule has 1 atom stereocenters. The van der Waals surface area contributed by atoms with Crippen LogP contribution in [0.25, 0.3) is 0 Å². The molecule has 3 heteroatoms. The Bertz CT molecular complexity index is 340. The zero-order valence-corrected chi connectivity index (χ0v) is 9.94. The van der Waals surface area contributed by atoms with Crippen LogP contribution in [0.3, 0.4) is 0 Å². The van der Waals surface area contributed by atoms with Gasteiger partial charge in [-0.3, -0.25) is 4.79 Å². The van der Waals surface area contributed by atoms with Gasteiger partial charge >= 0.3 is 0 Å². The fourth-order valence-electron chi connectivity index (χ4n) is 1.73. The summed E-state index contributed by atoms with van der Waals surface area (Å²) in [7, 11) is 0. The maximum absolute atomic E-state index is 12.0. The van der Waals surface area contributed by atoms with Gasteiger partial charge < -0.3 is 10.0 Å². The van der Waals surface area contributed by atoms with Gasteiger partial charge in [0.1, 0.15) is 0 Å². The topological polar surface area (TPSA) is 40.5 Å². The molecule has 0 aromatic carbocycles. The van der Waals surface area contributed by atoms with E-state index in [0.29, 0.717) is 5.57 Å². The maximum Gasteiger partial charge on any atom is 0.254 e. The standard InChI is InChI=1S/C13H19NO2/c1-4-11-8-9-14(5-2)13(16)12(11)7-6-10(3)15/h4,6-7,10,15H,1,5,8-9H2,2-3H3/b7-6-. The second-order valence-corrected chi connectivity index (χ2v) is 3.88. The lowest BCUT2D eigenvalue weighted by Gasteiger charge is -2.27. The number of nitrogens with zero attached hydrogens (tertiary/aromatic N) is 1. The fourth-order valence-corrected chi connectivity index (χ4v) is 1.73. The van der Waals surface area contributed by atoms with Gasteiger partial charge in [0.2, 0.25) is 0 Å². The summed E-state index contributed by atoms with van der Waals surface area (Å²) < 4.78 is 0. The summed E-state index contributed by atoms with van der Waals surface area (Å²) in [6.07, 6.45) is 5.35. The summed E-state index contributed by atoms with van der Waals surface area (Å²) in [5.41, 5.74) is 1.62. The molecule has 1 aliphatic heterocycles. The highest BCUT2D eigenvalue weighted by Crippen LogP contribution is 2.21. The SMILES string of the molecule is C=CC1=C(/C=C\C(C)O)C(=O)N(CC)CC1. The van der Waals surface area contributed by atoms with Crippen molar-refractivity contribution in [3.8, 4) is 0 Å². The Balaban J connectivity index is 3.00. The van der Waals surface area contributed by atoms with E-state index in [1.165, 1.54) is 0 Å². The number of likely N-dealkylation sites (N-methyl/N-ethyl adjacent to an activating group) is 1. The van der Waals surface area contributed by atoms with Gasteiger partial charge in [-0.25, -0.2) is 0 Å². The highest BCUT2D eigenvalue weighted by molar-refractivity contribution is 5.98. The third-order valence-electron chi connectivity index (χ3n) is 2.68. The van der Waals surface area contributed by atoms with Crippen LogP contribution in [0.5, 0.6) is 0 Å². The molecule has 1 heterocycles. The van der Waals surface area contributed by atoms with Crippen LogP contribution in [0.4, 0.5) is 0 Å². The number of hydrogen-bond acceptors (Lipinski definition) is 2. The lowest BCUT2D eigenvalue weighted by Crippen LogP contribution is -2.36. The minimum atomic E-state index is -0.539. The van der Waals surface area contributed by atoms with Crippen LogP contribution < -0.4 is 0 Å². The zero-order valence-electron chi connectivity index (χ0n) is 9.94. The molecule has 1 aliphatic rings. The molecule has 16 heavy (non-hydrogen) atoms. The molecule has 0 radical (unpaired) electrons. The first-order valence-electron chi connectivity index (χ1n) is 5.61. The molecular formula is C13H19NO2.